The molecule has 0 N–H and O–H groups in total. The molecule has 3 rings (SSSR count). The number of thioether (sulfide) groups is 1. The van der Waals surface area contributed by atoms with E-state index in [-0.39, 0.29) is 23.1 Å². The number of ketones is 1. The lowest BCUT2D eigenvalue weighted by atomic mass is 10.2. The van der Waals surface area contributed by atoms with E-state index in [9.17, 15) is 9.59 Å². The Bertz CT molecular complexity index is 973. The van der Waals surface area contributed by atoms with Crippen LogP contribution in [0.4, 0.5) is 0 Å². The van der Waals surface area contributed by atoms with Gasteiger partial charge in [-0.25, -0.2) is 4.98 Å². The largest absolute Gasteiger partial charge is 0.292 e. The van der Waals surface area contributed by atoms with Crippen LogP contribution >= 0.6 is 23.1 Å². The molecule has 0 saturated carbocycles. The molecule has 0 aliphatic rings. The van der Waals surface area contributed by atoms with E-state index < -0.39 is 0 Å². The highest BCUT2D eigenvalue weighted by molar-refractivity contribution is 7.99. The molecule has 2 heterocycles. The molecular weight excluding hydrogens is 352 g/mol. The number of hydrogen-bond donors (Lipinski definition) is 0. The molecule has 0 spiro atoms. The lowest BCUT2D eigenvalue weighted by Gasteiger charge is -2.15. The number of hydrogen-bond acceptors (Lipinski definition) is 5. The van der Waals surface area contributed by atoms with Crippen LogP contribution in [-0.2, 0) is 6.42 Å². The van der Waals surface area contributed by atoms with Crippen LogP contribution in [0.1, 0.15) is 41.4 Å². The topological polar surface area (TPSA) is 52.0 Å². The average molecular weight is 373 g/mol. The summed E-state index contributed by atoms with van der Waals surface area (Å²) in [5, 5.41) is 1.21. The molecular formula is C19H20N2O2S2. The predicted molar refractivity (Wildman–Crippen MR) is 105 cm³/mol. The molecule has 0 aliphatic heterocycles. The summed E-state index contributed by atoms with van der Waals surface area (Å²) in [6, 6.07) is 11.2. The zero-order valence-corrected chi connectivity index (χ0v) is 16.1. The van der Waals surface area contributed by atoms with E-state index in [0.29, 0.717) is 16.1 Å². The number of aryl methyl sites for hydroxylation is 1. The average Bonchev–Trinajstić information content (AvgIpc) is 3.08. The first-order valence-corrected chi connectivity index (χ1v) is 10.1. The van der Waals surface area contributed by atoms with Gasteiger partial charge < -0.3 is 0 Å². The van der Waals surface area contributed by atoms with Crippen LogP contribution in [0.2, 0.25) is 0 Å². The predicted octanol–water partition coefficient (Wildman–Crippen LogP) is 4.58. The van der Waals surface area contributed by atoms with Gasteiger partial charge in [-0.3, -0.25) is 14.2 Å². The zero-order valence-electron chi connectivity index (χ0n) is 14.5. The maximum absolute atomic E-state index is 12.8. The van der Waals surface area contributed by atoms with E-state index in [2.05, 4.69) is 11.9 Å². The summed E-state index contributed by atoms with van der Waals surface area (Å²) in [6.07, 6.45) is 0.935. The van der Waals surface area contributed by atoms with Crippen molar-refractivity contribution in [2.75, 3.05) is 5.75 Å². The molecule has 0 saturated heterocycles. The fourth-order valence-electron chi connectivity index (χ4n) is 2.60. The fourth-order valence-corrected chi connectivity index (χ4v) is 4.59. The van der Waals surface area contributed by atoms with Crippen LogP contribution in [0, 0.1) is 0 Å². The Hall–Kier alpha value is -1.92. The van der Waals surface area contributed by atoms with Crippen LogP contribution < -0.4 is 5.56 Å². The van der Waals surface area contributed by atoms with Crippen molar-refractivity contribution in [1.29, 1.82) is 0 Å². The van der Waals surface area contributed by atoms with Gasteiger partial charge in [0.1, 0.15) is 0 Å². The number of carbonyl (C=O) groups is 1. The Morgan fingerprint density at radius 2 is 2.00 bits per heavy atom. The molecule has 0 bridgehead atoms. The number of benzene rings is 1. The van der Waals surface area contributed by atoms with Gasteiger partial charge in [-0.15, -0.1) is 11.3 Å². The third-order valence-electron chi connectivity index (χ3n) is 3.91. The normalized spacial score (nSPS) is 11.4. The molecule has 4 nitrogen and oxygen atoms in total. The number of thiophene rings is 1. The summed E-state index contributed by atoms with van der Waals surface area (Å²) in [7, 11) is 0. The van der Waals surface area contributed by atoms with Crippen molar-refractivity contribution in [3.05, 3.63) is 56.5 Å². The van der Waals surface area contributed by atoms with Crippen LogP contribution in [0.5, 0.6) is 0 Å². The molecule has 6 heteroatoms. The minimum Gasteiger partial charge on any atom is -0.292 e. The Morgan fingerprint density at radius 3 is 2.68 bits per heavy atom. The molecule has 1 aromatic carbocycles. The minimum absolute atomic E-state index is 0.0179. The van der Waals surface area contributed by atoms with E-state index in [0.717, 1.165) is 11.3 Å². The van der Waals surface area contributed by atoms with Crippen molar-refractivity contribution in [2.45, 2.75) is 38.4 Å². The zero-order chi connectivity index (χ0) is 18.0. The number of nitrogens with zero attached hydrogens (tertiary/aromatic N) is 2. The van der Waals surface area contributed by atoms with Crippen molar-refractivity contribution >= 4 is 39.8 Å². The van der Waals surface area contributed by atoms with E-state index >= 15 is 0 Å². The van der Waals surface area contributed by atoms with Crippen LogP contribution in [0.25, 0.3) is 10.9 Å². The van der Waals surface area contributed by atoms with E-state index in [4.69, 9.17) is 0 Å². The molecule has 0 atom stereocenters. The third-order valence-corrected chi connectivity index (χ3v) is 6.13. The molecule has 0 aliphatic carbocycles. The van der Waals surface area contributed by atoms with E-state index in [1.807, 2.05) is 44.2 Å². The first kappa shape index (κ1) is 17.9. The van der Waals surface area contributed by atoms with Gasteiger partial charge in [0, 0.05) is 10.9 Å². The highest BCUT2D eigenvalue weighted by Crippen LogP contribution is 2.24. The Labute approximate surface area is 154 Å². The highest BCUT2D eigenvalue weighted by Gasteiger charge is 2.16. The van der Waals surface area contributed by atoms with E-state index in [1.54, 1.807) is 22.0 Å². The molecule has 130 valence electrons. The Morgan fingerprint density at radius 1 is 1.24 bits per heavy atom. The third kappa shape index (κ3) is 3.70. The maximum Gasteiger partial charge on any atom is 0.262 e. The van der Waals surface area contributed by atoms with Crippen molar-refractivity contribution in [1.82, 2.24) is 9.55 Å². The standard InChI is InChI=1S/C19H20N2O2S2/c1-4-13-9-10-17(25-13)16(22)11-24-19-20-15-8-6-5-7-14(15)18(23)21(19)12(2)3/h5-10,12H,4,11H2,1-3H3. The summed E-state index contributed by atoms with van der Waals surface area (Å²) < 4.78 is 1.67. The Kier molecular flexibility index (Phi) is 5.39. The van der Waals surface area contributed by atoms with Crippen molar-refractivity contribution < 1.29 is 4.79 Å². The van der Waals surface area contributed by atoms with Gasteiger partial charge in [0.05, 0.1) is 21.5 Å². The summed E-state index contributed by atoms with van der Waals surface area (Å²) in [4.78, 5) is 31.8. The lowest BCUT2D eigenvalue weighted by molar-refractivity contribution is 0.102. The van der Waals surface area contributed by atoms with Gasteiger partial charge in [-0.05, 0) is 44.5 Å². The number of carbonyl (C=O) groups excluding carboxylic acids is 1. The highest BCUT2D eigenvalue weighted by atomic mass is 32.2. The molecule has 2 aromatic heterocycles. The molecule has 0 radical (unpaired) electrons. The van der Waals surface area contributed by atoms with Crippen LogP contribution in [-0.4, -0.2) is 21.1 Å². The lowest BCUT2D eigenvalue weighted by Crippen LogP contribution is -2.25. The SMILES string of the molecule is CCc1ccc(C(=O)CSc2nc3ccccc3c(=O)n2C(C)C)s1. The summed E-state index contributed by atoms with van der Waals surface area (Å²) in [5.74, 6) is 0.355. The second kappa shape index (κ2) is 7.54. The first-order chi connectivity index (χ1) is 12.0. The van der Waals surface area contributed by atoms with Gasteiger partial charge in [0.25, 0.3) is 5.56 Å². The second-order valence-electron chi connectivity index (χ2n) is 6.01. The minimum atomic E-state index is -0.0556. The Balaban J connectivity index is 1.91. The molecule has 3 aromatic rings. The molecule has 0 unspecified atom stereocenters. The van der Waals surface area contributed by atoms with Gasteiger partial charge in [0.15, 0.2) is 10.9 Å². The van der Waals surface area contributed by atoms with Crippen molar-refractivity contribution in [3.8, 4) is 0 Å². The summed E-state index contributed by atoms with van der Waals surface area (Å²) in [5.41, 5.74) is 0.615. The van der Waals surface area contributed by atoms with E-state index in [1.165, 1.54) is 16.6 Å². The monoisotopic (exact) mass is 372 g/mol. The fraction of sp³-hybridized carbons (Fsp3) is 0.316. The number of rotatable bonds is 6. The smallest absolute Gasteiger partial charge is 0.262 e. The molecule has 0 amide bonds. The first-order valence-electron chi connectivity index (χ1n) is 8.27. The van der Waals surface area contributed by atoms with Gasteiger partial charge in [-0.1, -0.05) is 30.8 Å². The second-order valence-corrected chi connectivity index (χ2v) is 8.12. The van der Waals surface area contributed by atoms with Crippen LogP contribution in [0.15, 0.2) is 46.3 Å². The van der Waals surface area contributed by atoms with Crippen molar-refractivity contribution in [2.24, 2.45) is 0 Å². The number of para-hydroxylation sites is 1. The van der Waals surface area contributed by atoms with Gasteiger partial charge >= 0.3 is 0 Å². The molecule has 0 fully saturated rings. The summed E-state index contributed by atoms with van der Waals surface area (Å²) in [6.45, 7) is 5.99. The summed E-state index contributed by atoms with van der Waals surface area (Å²) >= 11 is 2.87. The number of fused-ring (bicyclic) bond motifs is 1. The number of aromatic nitrogens is 2. The van der Waals surface area contributed by atoms with Gasteiger partial charge in [0.2, 0.25) is 0 Å². The van der Waals surface area contributed by atoms with Gasteiger partial charge in [-0.2, -0.15) is 0 Å². The van der Waals surface area contributed by atoms with Crippen molar-refractivity contribution in [3.63, 3.8) is 0 Å². The van der Waals surface area contributed by atoms with Crippen LogP contribution in [0.3, 0.4) is 0 Å². The quantitative estimate of drug-likeness (QED) is 0.361. The molecule has 25 heavy (non-hydrogen) atoms. The maximum atomic E-state index is 12.8. The number of Topliss-reactive ketones (excluding diaryl/α,β-unsaturated/α-hetero) is 1.